The third kappa shape index (κ3) is 3.44. The number of carbonyl (C=O) groups is 1. The van der Waals surface area contributed by atoms with Crippen molar-refractivity contribution >= 4 is 22.2 Å². The molecule has 0 saturated heterocycles. The highest BCUT2D eigenvalue weighted by molar-refractivity contribution is 7.14. The second kappa shape index (κ2) is 5.36. The van der Waals surface area contributed by atoms with Gasteiger partial charge >= 0.3 is 0 Å². The number of carbonyl (C=O) groups excluding carboxylic acids is 1. The molecule has 0 fully saturated rings. The number of hydrogen-bond acceptors (Lipinski definition) is 3. The lowest BCUT2D eigenvalue weighted by Crippen LogP contribution is -2.13. The predicted molar refractivity (Wildman–Crippen MR) is 75.8 cm³/mol. The summed E-state index contributed by atoms with van der Waals surface area (Å²) in [6.45, 7) is 9.88. The first-order valence-corrected chi connectivity index (χ1v) is 6.61. The van der Waals surface area contributed by atoms with Crippen molar-refractivity contribution in [2.75, 3.05) is 5.32 Å². The maximum atomic E-state index is 11.7. The normalized spacial score (nSPS) is 10.7. The van der Waals surface area contributed by atoms with Gasteiger partial charge in [0.05, 0.1) is 5.56 Å². The first kappa shape index (κ1) is 14.5. The molecule has 96 valence electrons. The Morgan fingerprint density at radius 1 is 1.44 bits per heavy atom. The van der Waals surface area contributed by atoms with Gasteiger partial charge in [-0.15, -0.1) is 11.3 Å². The van der Waals surface area contributed by atoms with E-state index in [4.69, 9.17) is 0 Å². The summed E-state index contributed by atoms with van der Waals surface area (Å²) in [7, 11) is 0. The van der Waals surface area contributed by atoms with Crippen molar-refractivity contribution < 1.29 is 4.79 Å². The zero-order valence-electron chi connectivity index (χ0n) is 11.4. The van der Waals surface area contributed by atoms with Crippen LogP contribution in [-0.2, 0) is 10.2 Å². The summed E-state index contributed by atoms with van der Waals surface area (Å²) in [5, 5.41) is 14.6. The molecule has 0 radical (unpaired) electrons. The fourth-order valence-electron chi connectivity index (χ4n) is 1.52. The van der Waals surface area contributed by atoms with Gasteiger partial charge in [0.15, 0.2) is 0 Å². The summed E-state index contributed by atoms with van der Waals surface area (Å²) in [4.78, 5) is 11.7. The number of hydrogen-bond donors (Lipinski definition) is 1. The largest absolute Gasteiger partial charge is 0.313 e. The smallest absolute Gasteiger partial charge is 0.248 e. The highest BCUT2D eigenvalue weighted by Gasteiger charge is 2.22. The van der Waals surface area contributed by atoms with E-state index in [-0.39, 0.29) is 11.3 Å². The van der Waals surface area contributed by atoms with Crippen molar-refractivity contribution in [2.45, 2.75) is 40.0 Å². The average molecular weight is 262 g/mol. The Bertz CT molecular complexity index is 523. The number of anilines is 1. The molecule has 18 heavy (non-hydrogen) atoms. The number of allylic oxidation sites excluding steroid dienone is 1. The number of nitrogens with one attached hydrogen (secondary N) is 1. The maximum absolute atomic E-state index is 11.7. The van der Waals surface area contributed by atoms with Gasteiger partial charge in [-0.1, -0.05) is 26.3 Å². The summed E-state index contributed by atoms with van der Waals surface area (Å²) in [6, 6.07) is 2.18. The number of nitriles is 1. The molecular weight excluding hydrogens is 244 g/mol. The first-order valence-electron chi connectivity index (χ1n) is 5.73. The molecule has 1 aromatic rings. The zero-order valence-corrected chi connectivity index (χ0v) is 12.2. The molecule has 0 aliphatic heterocycles. The minimum absolute atomic E-state index is 0.0962. The topological polar surface area (TPSA) is 52.9 Å². The summed E-state index contributed by atoms with van der Waals surface area (Å²) < 4.78 is 0. The van der Waals surface area contributed by atoms with Gasteiger partial charge in [-0.05, 0) is 30.2 Å². The highest BCUT2D eigenvalue weighted by atomic mass is 32.1. The number of nitrogens with zero attached hydrogens (tertiary/aromatic N) is 1. The Balaban J connectivity index is 3.07. The number of amides is 1. The molecule has 0 aliphatic rings. The lowest BCUT2D eigenvalue weighted by Gasteiger charge is -2.17. The van der Waals surface area contributed by atoms with Gasteiger partial charge in [0.1, 0.15) is 11.1 Å². The zero-order chi connectivity index (χ0) is 13.9. The second-order valence-corrected chi connectivity index (χ2v) is 6.31. The minimum atomic E-state index is -0.186. The SMILES string of the molecule is CC(C)=CC(=O)Nc1scc(C(C)(C)C)c1C#N. The molecule has 0 bridgehead atoms. The number of rotatable bonds is 2. The molecule has 1 amide bonds. The van der Waals surface area contributed by atoms with Crippen LogP contribution in [-0.4, -0.2) is 5.91 Å². The van der Waals surface area contributed by atoms with Crippen LogP contribution in [0.4, 0.5) is 5.00 Å². The van der Waals surface area contributed by atoms with Crippen LogP contribution >= 0.6 is 11.3 Å². The van der Waals surface area contributed by atoms with E-state index in [0.29, 0.717) is 10.6 Å². The molecule has 0 spiro atoms. The molecule has 0 unspecified atom stereocenters. The minimum Gasteiger partial charge on any atom is -0.313 e. The molecule has 0 aromatic carbocycles. The molecule has 1 aromatic heterocycles. The molecule has 1 heterocycles. The Hall–Kier alpha value is -1.60. The maximum Gasteiger partial charge on any atom is 0.248 e. The first-order chi connectivity index (χ1) is 8.25. The van der Waals surface area contributed by atoms with E-state index in [0.717, 1.165) is 11.1 Å². The van der Waals surface area contributed by atoms with Crippen LogP contribution in [0, 0.1) is 11.3 Å². The van der Waals surface area contributed by atoms with E-state index in [2.05, 4.69) is 32.2 Å². The van der Waals surface area contributed by atoms with Crippen molar-refractivity contribution in [2.24, 2.45) is 0 Å². The van der Waals surface area contributed by atoms with Crippen molar-refractivity contribution in [1.82, 2.24) is 0 Å². The van der Waals surface area contributed by atoms with Gasteiger partial charge in [0, 0.05) is 6.08 Å². The van der Waals surface area contributed by atoms with Crippen molar-refractivity contribution in [3.05, 3.63) is 28.2 Å². The Labute approximate surface area is 112 Å². The summed E-state index contributed by atoms with van der Waals surface area (Å²) in [5.41, 5.74) is 2.38. The lowest BCUT2D eigenvalue weighted by molar-refractivity contribution is -0.111. The molecule has 0 aliphatic carbocycles. The molecule has 1 N–H and O–H groups in total. The fourth-order valence-corrected chi connectivity index (χ4v) is 2.66. The van der Waals surface area contributed by atoms with E-state index in [1.165, 1.54) is 17.4 Å². The fraction of sp³-hybridized carbons (Fsp3) is 0.429. The summed E-state index contributed by atoms with van der Waals surface area (Å²) >= 11 is 1.40. The standard InChI is InChI=1S/C14H18N2OS/c1-9(2)6-12(17)16-13-10(7-15)11(8-18-13)14(3,4)5/h6,8H,1-5H3,(H,16,17). The second-order valence-electron chi connectivity index (χ2n) is 5.43. The van der Waals surface area contributed by atoms with Crippen molar-refractivity contribution in [1.29, 1.82) is 5.26 Å². The predicted octanol–water partition coefficient (Wildman–Crippen LogP) is 3.82. The number of thiophene rings is 1. The molecular formula is C14H18N2OS. The van der Waals surface area contributed by atoms with Crippen LogP contribution in [0.15, 0.2) is 17.0 Å². The van der Waals surface area contributed by atoms with Crippen LogP contribution in [0.25, 0.3) is 0 Å². The van der Waals surface area contributed by atoms with E-state index in [1.807, 2.05) is 19.2 Å². The van der Waals surface area contributed by atoms with Gasteiger partial charge in [0.25, 0.3) is 0 Å². The van der Waals surface area contributed by atoms with Gasteiger partial charge in [-0.2, -0.15) is 5.26 Å². The lowest BCUT2D eigenvalue weighted by atomic mass is 9.86. The van der Waals surface area contributed by atoms with Crippen molar-refractivity contribution in [3.8, 4) is 6.07 Å². The Morgan fingerprint density at radius 3 is 2.50 bits per heavy atom. The van der Waals surface area contributed by atoms with Crippen LogP contribution in [0.3, 0.4) is 0 Å². The van der Waals surface area contributed by atoms with Crippen LogP contribution < -0.4 is 5.32 Å². The quantitative estimate of drug-likeness (QED) is 0.824. The molecule has 3 nitrogen and oxygen atoms in total. The Kier molecular flexibility index (Phi) is 4.31. The third-order valence-corrected chi connectivity index (χ3v) is 3.26. The summed E-state index contributed by atoms with van der Waals surface area (Å²) in [6.07, 6.45) is 1.53. The van der Waals surface area contributed by atoms with E-state index >= 15 is 0 Å². The molecule has 1 rings (SSSR count). The third-order valence-electron chi connectivity index (χ3n) is 2.37. The van der Waals surface area contributed by atoms with Gasteiger partial charge < -0.3 is 5.32 Å². The van der Waals surface area contributed by atoms with E-state index < -0.39 is 0 Å². The molecule has 0 atom stereocenters. The van der Waals surface area contributed by atoms with E-state index in [1.54, 1.807) is 0 Å². The van der Waals surface area contributed by atoms with Crippen LogP contribution in [0.1, 0.15) is 45.7 Å². The van der Waals surface area contributed by atoms with Crippen molar-refractivity contribution in [3.63, 3.8) is 0 Å². The van der Waals surface area contributed by atoms with Gasteiger partial charge in [-0.3, -0.25) is 4.79 Å². The van der Waals surface area contributed by atoms with E-state index in [9.17, 15) is 10.1 Å². The summed E-state index contributed by atoms with van der Waals surface area (Å²) in [5.74, 6) is -0.186. The van der Waals surface area contributed by atoms with Gasteiger partial charge in [-0.25, -0.2) is 0 Å². The Morgan fingerprint density at radius 2 is 2.06 bits per heavy atom. The van der Waals surface area contributed by atoms with Gasteiger partial charge in [0.2, 0.25) is 5.91 Å². The average Bonchev–Trinajstić information content (AvgIpc) is 2.58. The molecule has 4 heteroatoms. The highest BCUT2D eigenvalue weighted by Crippen LogP contribution is 2.35. The monoisotopic (exact) mass is 262 g/mol. The molecule has 0 saturated carbocycles. The van der Waals surface area contributed by atoms with Crippen LogP contribution in [0.2, 0.25) is 0 Å². The van der Waals surface area contributed by atoms with Crippen LogP contribution in [0.5, 0.6) is 0 Å².